The fourth-order valence-electron chi connectivity index (χ4n) is 3.65. The topological polar surface area (TPSA) is 50.3 Å². The molecule has 1 aliphatic rings. The number of fused-ring (bicyclic) bond motifs is 1. The quantitative estimate of drug-likeness (QED) is 0.815. The third-order valence-corrected chi connectivity index (χ3v) is 4.95. The first kappa shape index (κ1) is 18.2. The molecule has 5 nitrogen and oxygen atoms in total. The molecule has 25 heavy (non-hydrogen) atoms. The molecule has 0 bridgehead atoms. The van der Waals surface area contributed by atoms with Gasteiger partial charge in [0.2, 0.25) is 0 Å². The van der Waals surface area contributed by atoms with Crippen molar-refractivity contribution in [1.82, 2.24) is 14.5 Å². The van der Waals surface area contributed by atoms with E-state index in [9.17, 15) is 4.79 Å². The van der Waals surface area contributed by atoms with Gasteiger partial charge in [-0.25, -0.2) is 4.79 Å². The van der Waals surface area contributed by atoms with Gasteiger partial charge in [0, 0.05) is 25.7 Å². The average molecular weight is 345 g/mol. The number of hydrogen-bond acceptors (Lipinski definition) is 3. The lowest BCUT2D eigenvalue weighted by Gasteiger charge is -2.32. The molecular weight excluding hydrogens is 314 g/mol. The predicted octanol–water partition coefficient (Wildman–Crippen LogP) is 3.56. The van der Waals surface area contributed by atoms with E-state index in [-0.39, 0.29) is 11.3 Å². The molecule has 1 aliphatic heterocycles. The molecule has 2 heterocycles. The number of hydrogen-bond donors (Lipinski definition) is 1. The Morgan fingerprint density at radius 2 is 1.88 bits per heavy atom. The van der Waals surface area contributed by atoms with E-state index in [1.54, 1.807) is 0 Å². The van der Waals surface area contributed by atoms with Crippen molar-refractivity contribution < 1.29 is 4.74 Å². The minimum absolute atomic E-state index is 0.0268. The molecule has 1 N–H and O–H groups in total. The summed E-state index contributed by atoms with van der Waals surface area (Å²) in [6.45, 7) is 10.4. The van der Waals surface area contributed by atoms with Gasteiger partial charge in [0.15, 0.2) is 0 Å². The van der Waals surface area contributed by atoms with Gasteiger partial charge >= 0.3 is 5.69 Å². The summed E-state index contributed by atoms with van der Waals surface area (Å²) in [5, 5.41) is 0. The van der Waals surface area contributed by atoms with Crippen LogP contribution in [-0.4, -0.2) is 46.3 Å². The Kier molecular flexibility index (Phi) is 5.64. The maximum atomic E-state index is 12.3. The fraction of sp³-hybridized carbons (Fsp3) is 0.650. The number of nitrogens with one attached hydrogen (secondary N) is 1. The second kappa shape index (κ2) is 7.75. The Balaban J connectivity index is 1.47. The number of likely N-dealkylation sites (tertiary alicyclic amines) is 1. The van der Waals surface area contributed by atoms with E-state index in [2.05, 4.69) is 30.7 Å². The van der Waals surface area contributed by atoms with Crippen LogP contribution in [0.15, 0.2) is 29.1 Å². The van der Waals surface area contributed by atoms with Crippen molar-refractivity contribution in [2.45, 2.75) is 58.1 Å². The first-order valence-corrected chi connectivity index (χ1v) is 9.49. The molecule has 3 rings (SSSR count). The normalized spacial score (nSPS) is 17.4. The number of unbranched alkanes of at least 4 members (excludes halogenated alkanes) is 1. The monoisotopic (exact) mass is 345 g/mol. The molecule has 0 radical (unpaired) electrons. The van der Waals surface area contributed by atoms with E-state index in [1.165, 1.54) is 6.42 Å². The van der Waals surface area contributed by atoms with Crippen molar-refractivity contribution in [3.05, 3.63) is 34.7 Å². The van der Waals surface area contributed by atoms with Crippen LogP contribution in [0.3, 0.4) is 0 Å². The van der Waals surface area contributed by atoms with Gasteiger partial charge in [-0.15, -0.1) is 0 Å². The molecule has 138 valence electrons. The minimum Gasteiger partial charge on any atom is -0.376 e. The summed E-state index contributed by atoms with van der Waals surface area (Å²) < 4.78 is 7.74. The van der Waals surface area contributed by atoms with Crippen LogP contribution in [0.4, 0.5) is 0 Å². The van der Waals surface area contributed by atoms with Gasteiger partial charge in [-0.1, -0.05) is 12.1 Å². The third-order valence-electron chi connectivity index (χ3n) is 4.95. The van der Waals surface area contributed by atoms with Crippen LogP contribution in [0, 0.1) is 0 Å². The SMILES string of the molecule is CC(C)(C)OCCCCN1CCC(n2c(=O)[nH]c3ccccc32)CC1. The van der Waals surface area contributed by atoms with Crippen LogP contribution in [-0.2, 0) is 4.74 Å². The molecule has 0 atom stereocenters. The van der Waals surface area contributed by atoms with Crippen molar-refractivity contribution in [2.75, 3.05) is 26.2 Å². The Morgan fingerprint density at radius 1 is 1.16 bits per heavy atom. The van der Waals surface area contributed by atoms with Crippen molar-refractivity contribution in [2.24, 2.45) is 0 Å². The van der Waals surface area contributed by atoms with E-state index in [0.717, 1.165) is 56.5 Å². The molecule has 0 saturated carbocycles. The number of H-pyrrole nitrogens is 1. The second-order valence-electron chi connectivity index (χ2n) is 8.06. The van der Waals surface area contributed by atoms with Gasteiger partial charge < -0.3 is 14.6 Å². The Morgan fingerprint density at radius 3 is 2.60 bits per heavy atom. The molecule has 1 fully saturated rings. The second-order valence-corrected chi connectivity index (χ2v) is 8.06. The van der Waals surface area contributed by atoms with Crippen LogP contribution in [0.1, 0.15) is 52.5 Å². The summed E-state index contributed by atoms with van der Waals surface area (Å²) in [7, 11) is 0. The number of benzene rings is 1. The standard InChI is InChI=1S/C20H31N3O2/c1-20(2,3)25-15-7-6-12-22-13-10-16(11-14-22)23-18-9-5-4-8-17(18)21-19(23)24/h4-5,8-9,16H,6-7,10-15H2,1-3H3,(H,21,24). The maximum absolute atomic E-state index is 12.3. The number of rotatable bonds is 6. The summed E-state index contributed by atoms with van der Waals surface area (Å²) in [5.74, 6) is 0. The number of aromatic nitrogens is 2. The van der Waals surface area contributed by atoms with Gasteiger partial charge in [-0.3, -0.25) is 4.57 Å². The highest BCUT2D eigenvalue weighted by atomic mass is 16.5. The molecule has 1 aromatic carbocycles. The molecular formula is C20H31N3O2. The van der Waals surface area contributed by atoms with Crippen molar-refractivity contribution >= 4 is 11.0 Å². The Labute approximate surface area is 150 Å². The first-order chi connectivity index (χ1) is 11.9. The Hall–Kier alpha value is -1.59. The zero-order valence-electron chi connectivity index (χ0n) is 15.8. The zero-order chi connectivity index (χ0) is 17.9. The number of piperidine rings is 1. The lowest BCUT2D eigenvalue weighted by Crippen LogP contribution is -2.37. The van der Waals surface area contributed by atoms with E-state index in [0.29, 0.717) is 6.04 Å². The molecule has 1 saturated heterocycles. The van der Waals surface area contributed by atoms with Crippen LogP contribution >= 0.6 is 0 Å². The molecule has 0 aliphatic carbocycles. The predicted molar refractivity (Wildman–Crippen MR) is 102 cm³/mol. The van der Waals surface area contributed by atoms with Crippen LogP contribution in [0.2, 0.25) is 0 Å². The number of nitrogens with zero attached hydrogens (tertiary/aromatic N) is 2. The van der Waals surface area contributed by atoms with E-state index in [1.807, 2.05) is 28.8 Å². The molecule has 0 spiro atoms. The highest BCUT2D eigenvalue weighted by Crippen LogP contribution is 2.24. The molecule has 0 amide bonds. The van der Waals surface area contributed by atoms with Crippen molar-refractivity contribution in [3.63, 3.8) is 0 Å². The minimum atomic E-state index is -0.0368. The fourth-order valence-corrected chi connectivity index (χ4v) is 3.65. The van der Waals surface area contributed by atoms with Gasteiger partial charge in [0.05, 0.1) is 16.6 Å². The zero-order valence-corrected chi connectivity index (χ0v) is 15.8. The van der Waals surface area contributed by atoms with E-state index < -0.39 is 0 Å². The highest BCUT2D eigenvalue weighted by Gasteiger charge is 2.23. The van der Waals surface area contributed by atoms with Crippen molar-refractivity contribution in [3.8, 4) is 0 Å². The Bertz CT molecular complexity index is 733. The number of para-hydroxylation sites is 2. The lowest BCUT2D eigenvalue weighted by atomic mass is 10.0. The van der Waals surface area contributed by atoms with Gasteiger partial charge in [0.1, 0.15) is 0 Å². The van der Waals surface area contributed by atoms with Crippen molar-refractivity contribution in [1.29, 1.82) is 0 Å². The maximum Gasteiger partial charge on any atom is 0.326 e. The molecule has 2 aromatic rings. The number of aromatic amines is 1. The molecule has 1 aromatic heterocycles. The van der Waals surface area contributed by atoms with Gasteiger partial charge in [0.25, 0.3) is 0 Å². The number of imidazole rings is 1. The average Bonchev–Trinajstić information content (AvgIpc) is 2.90. The summed E-state index contributed by atoms with van der Waals surface area (Å²) in [6.07, 6.45) is 4.37. The lowest BCUT2D eigenvalue weighted by molar-refractivity contribution is -0.00551. The van der Waals surface area contributed by atoms with Crippen LogP contribution in [0.5, 0.6) is 0 Å². The highest BCUT2D eigenvalue weighted by molar-refractivity contribution is 5.75. The van der Waals surface area contributed by atoms with Gasteiger partial charge in [-0.2, -0.15) is 0 Å². The smallest absolute Gasteiger partial charge is 0.326 e. The van der Waals surface area contributed by atoms with E-state index in [4.69, 9.17) is 4.74 Å². The number of ether oxygens (including phenoxy) is 1. The van der Waals surface area contributed by atoms with Crippen LogP contribution in [0.25, 0.3) is 11.0 Å². The third kappa shape index (κ3) is 4.73. The summed E-state index contributed by atoms with van der Waals surface area (Å²) in [6, 6.07) is 8.29. The molecule has 5 heteroatoms. The van der Waals surface area contributed by atoms with E-state index >= 15 is 0 Å². The van der Waals surface area contributed by atoms with Crippen LogP contribution < -0.4 is 5.69 Å². The van der Waals surface area contributed by atoms with Gasteiger partial charge in [-0.05, 0) is 65.1 Å². The summed E-state index contributed by atoms with van der Waals surface area (Å²) in [4.78, 5) is 17.8. The first-order valence-electron chi connectivity index (χ1n) is 9.49. The summed E-state index contributed by atoms with van der Waals surface area (Å²) in [5.41, 5.74) is 1.96. The molecule has 0 unspecified atom stereocenters. The summed E-state index contributed by atoms with van der Waals surface area (Å²) >= 11 is 0. The largest absolute Gasteiger partial charge is 0.376 e.